The normalized spacial score (nSPS) is 27.7. The van der Waals surface area contributed by atoms with Crippen molar-refractivity contribution in [2.24, 2.45) is 11.3 Å². The minimum atomic E-state index is -0.457. The fourth-order valence-corrected chi connectivity index (χ4v) is 1.82. The van der Waals surface area contributed by atoms with Gasteiger partial charge in [0.25, 0.3) is 0 Å². The second kappa shape index (κ2) is 2.75. The smallest absolute Gasteiger partial charge is 0.173 e. The van der Waals surface area contributed by atoms with E-state index < -0.39 is 5.92 Å². The molecule has 0 aromatic heterocycles. The molecule has 1 rings (SSSR count). The molecule has 1 atom stereocenters. The minimum Gasteiger partial charge on any atom is -0.293 e. The maximum absolute atomic E-state index is 11.4. The number of carbonyl (C=O) groups is 1. The van der Waals surface area contributed by atoms with Crippen molar-refractivity contribution in [3.8, 4) is 6.07 Å². The van der Waals surface area contributed by atoms with Crippen molar-refractivity contribution in [1.82, 2.24) is 0 Å². The zero-order valence-corrected chi connectivity index (χ0v) is 7.72. The Morgan fingerprint density at radius 2 is 2.25 bits per heavy atom. The topological polar surface area (TPSA) is 40.9 Å². The Kier molecular flexibility index (Phi) is 2.06. The third kappa shape index (κ3) is 1.40. The third-order valence-electron chi connectivity index (χ3n) is 2.32. The molecule has 0 fully saturated rings. The molecule has 0 bridgehead atoms. The van der Waals surface area contributed by atoms with Gasteiger partial charge in [-0.25, -0.2) is 0 Å². The largest absolute Gasteiger partial charge is 0.293 e. The van der Waals surface area contributed by atoms with E-state index in [2.05, 4.69) is 6.07 Å². The predicted molar refractivity (Wildman–Crippen MR) is 46.3 cm³/mol. The van der Waals surface area contributed by atoms with Crippen LogP contribution in [0.4, 0.5) is 0 Å². The van der Waals surface area contributed by atoms with Gasteiger partial charge in [-0.3, -0.25) is 4.79 Å². The van der Waals surface area contributed by atoms with E-state index in [0.717, 1.165) is 12.0 Å². The van der Waals surface area contributed by atoms with Crippen molar-refractivity contribution in [2.75, 3.05) is 0 Å². The highest BCUT2D eigenvalue weighted by Gasteiger charge is 2.37. The van der Waals surface area contributed by atoms with E-state index in [4.69, 9.17) is 5.26 Å². The lowest BCUT2D eigenvalue weighted by molar-refractivity contribution is -0.120. The molecule has 0 aromatic rings. The van der Waals surface area contributed by atoms with E-state index in [1.165, 1.54) is 0 Å². The van der Waals surface area contributed by atoms with Crippen LogP contribution in [-0.2, 0) is 4.79 Å². The number of rotatable bonds is 0. The van der Waals surface area contributed by atoms with E-state index in [1.807, 2.05) is 20.8 Å². The SMILES string of the molecule is CC1=CC(=O)C(C#N)C(C)(C)C1. The van der Waals surface area contributed by atoms with Gasteiger partial charge in [0.15, 0.2) is 5.78 Å². The van der Waals surface area contributed by atoms with Gasteiger partial charge >= 0.3 is 0 Å². The van der Waals surface area contributed by atoms with E-state index in [9.17, 15) is 4.79 Å². The average Bonchev–Trinajstić information content (AvgIpc) is 1.82. The number of carbonyl (C=O) groups excluding carboxylic acids is 1. The summed E-state index contributed by atoms with van der Waals surface area (Å²) in [5, 5.41) is 8.78. The van der Waals surface area contributed by atoms with Crippen LogP contribution in [0.3, 0.4) is 0 Å². The van der Waals surface area contributed by atoms with Gasteiger partial charge in [-0.05, 0) is 24.8 Å². The van der Waals surface area contributed by atoms with Crippen molar-refractivity contribution in [2.45, 2.75) is 27.2 Å². The zero-order chi connectivity index (χ0) is 9.35. The first-order valence-corrected chi connectivity index (χ1v) is 4.08. The van der Waals surface area contributed by atoms with Crippen LogP contribution in [0.1, 0.15) is 27.2 Å². The van der Waals surface area contributed by atoms with Crippen molar-refractivity contribution in [3.63, 3.8) is 0 Å². The number of nitriles is 1. The molecule has 0 spiro atoms. The summed E-state index contributed by atoms with van der Waals surface area (Å²) in [6, 6.07) is 2.07. The molecular formula is C10H13NO. The molecule has 0 heterocycles. The average molecular weight is 163 g/mol. The molecular weight excluding hydrogens is 150 g/mol. The lowest BCUT2D eigenvalue weighted by Crippen LogP contribution is -2.32. The summed E-state index contributed by atoms with van der Waals surface area (Å²) in [4.78, 5) is 11.4. The molecule has 1 aliphatic carbocycles. The molecule has 2 nitrogen and oxygen atoms in total. The molecule has 1 unspecified atom stereocenters. The van der Waals surface area contributed by atoms with Crippen molar-refractivity contribution >= 4 is 5.78 Å². The van der Waals surface area contributed by atoms with Crippen LogP contribution < -0.4 is 0 Å². The maximum Gasteiger partial charge on any atom is 0.173 e. The van der Waals surface area contributed by atoms with E-state index in [-0.39, 0.29) is 11.2 Å². The standard InChI is InChI=1S/C10H13NO/c1-7-4-9(12)8(6-11)10(2,3)5-7/h4,8H,5H2,1-3H3. The fourth-order valence-electron chi connectivity index (χ4n) is 1.82. The first-order chi connectivity index (χ1) is 5.47. The van der Waals surface area contributed by atoms with Crippen molar-refractivity contribution < 1.29 is 4.79 Å². The van der Waals surface area contributed by atoms with Crippen LogP contribution in [-0.4, -0.2) is 5.78 Å². The molecule has 12 heavy (non-hydrogen) atoms. The first-order valence-electron chi connectivity index (χ1n) is 4.08. The summed E-state index contributed by atoms with van der Waals surface area (Å²) in [5.41, 5.74) is 0.890. The summed E-state index contributed by atoms with van der Waals surface area (Å²) >= 11 is 0. The highest BCUT2D eigenvalue weighted by atomic mass is 16.1. The molecule has 0 saturated carbocycles. The van der Waals surface area contributed by atoms with Gasteiger partial charge in [0.05, 0.1) is 6.07 Å². The zero-order valence-electron chi connectivity index (χ0n) is 7.72. The van der Waals surface area contributed by atoms with Gasteiger partial charge in [0.1, 0.15) is 5.92 Å². The molecule has 0 N–H and O–H groups in total. The van der Waals surface area contributed by atoms with Crippen LogP contribution in [0.25, 0.3) is 0 Å². The predicted octanol–water partition coefficient (Wildman–Crippen LogP) is 2.07. The number of nitrogens with zero attached hydrogens (tertiary/aromatic N) is 1. The summed E-state index contributed by atoms with van der Waals surface area (Å²) in [5.74, 6) is -0.493. The second-order valence-electron chi connectivity index (χ2n) is 4.12. The van der Waals surface area contributed by atoms with Gasteiger partial charge in [0, 0.05) is 0 Å². The van der Waals surface area contributed by atoms with Crippen LogP contribution in [0.15, 0.2) is 11.6 Å². The van der Waals surface area contributed by atoms with Gasteiger partial charge in [-0.15, -0.1) is 0 Å². The first kappa shape index (κ1) is 8.99. The van der Waals surface area contributed by atoms with Crippen molar-refractivity contribution in [3.05, 3.63) is 11.6 Å². The number of hydrogen-bond acceptors (Lipinski definition) is 2. The summed E-state index contributed by atoms with van der Waals surface area (Å²) in [6.45, 7) is 5.87. The number of allylic oxidation sites excluding steroid dienone is 2. The van der Waals surface area contributed by atoms with Crippen LogP contribution in [0, 0.1) is 22.7 Å². The van der Waals surface area contributed by atoms with E-state index >= 15 is 0 Å². The quantitative estimate of drug-likeness (QED) is 0.548. The molecule has 0 radical (unpaired) electrons. The van der Waals surface area contributed by atoms with Gasteiger partial charge < -0.3 is 0 Å². The Hall–Kier alpha value is -1.10. The molecule has 0 saturated heterocycles. The van der Waals surface area contributed by atoms with Crippen molar-refractivity contribution in [1.29, 1.82) is 5.26 Å². The monoisotopic (exact) mass is 163 g/mol. The number of ketones is 1. The minimum absolute atomic E-state index is 0.0359. The van der Waals surface area contributed by atoms with Gasteiger partial charge in [-0.1, -0.05) is 19.4 Å². The number of hydrogen-bond donors (Lipinski definition) is 0. The maximum atomic E-state index is 11.4. The Labute approximate surface area is 72.9 Å². The lowest BCUT2D eigenvalue weighted by Gasteiger charge is -2.31. The Bertz CT molecular complexity index is 281. The summed E-state index contributed by atoms with van der Waals surface area (Å²) < 4.78 is 0. The summed E-state index contributed by atoms with van der Waals surface area (Å²) in [7, 11) is 0. The molecule has 1 aliphatic rings. The Morgan fingerprint density at radius 3 is 2.67 bits per heavy atom. The highest BCUT2D eigenvalue weighted by molar-refractivity contribution is 5.95. The summed E-state index contributed by atoms with van der Waals surface area (Å²) in [6.07, 6.45) is 2.44. The van der Waals surface area contributed by atoms with E-state index in [1.54, 1.807) is 6.08 Å². The van der Waals surface area contributed by atoms with Crippen LogP contribution in [0.5, 0.6) is 0 Å². The molecule has 0 aliphatic heterocycles. The van der Waals surface area contributed by atoms with Gasteiger partial charge in [-0.2, -0.15) is 5.26 Å². The van der Waals surface area contributed by atoms with E-state index in [0.29, 0.717) is 0 Å². The third-order valence-corrected chi connectivity index (χ3v) is 2.32. The Morgan fingerprint density at radius 1 is 1.67 bits per heavy atom. The molecule has 0 amide bonds. The lowest BCUT2D eigenvalue weighted by atomic mass is 9.69. The molecule has 0 aromatic carbocycles. The molecule has 2 heteroatoms. The fraction of sp³-hybridized carbons (Fsp3) is 0.600. The van der Waals surface area contributed by atoms with Gasteiger partial charge in [0.2, 0.25) is 0 Å². The second-order valence-corrected chi connectivity index (χ2v) is 4.12. The molecule has 64 valence electrons. The Balaban J connectivity index is 3.04. The van der Waals surface area contributed by atoms with Crippen LogP contribution >= 0.6 is 0 Å². The highest BCUT2D eigenvalue weighted by Crippen LogP contribution is 2.37. The van der Waals surface area contributed by atoms with Crippen LogP contribution in [0.2, 0.25) is 0 Å².